The SMILES string of the molecule is C=C(/C=C\C(=NC)C1CCCCC1)NC(=O)Cc1cccc(OC)c1OC. The molecule has 0 bridgehead atoms. The van der Waals surface area contributed by atoms with Gasteiger partial charge in [-0.1, -0.05) is 38.0 Å². The van der Waals surface area contributed by atoms with Gasteiger partial charge in [0.25, 0.3) is 0 Å². The van der Waals surface area contributed by atoms with Crippen LogP contribution < -0.4 is 14.8 Å². The number of nitrogens with one attached hydrogen (secondary N) is 1. The number of benzene rings is 1. The Morgan fingerprint density at radius 1 is 1.22 bits per heavy atom. The van der Waals surface area contributed by atoms with Crippen LogP contribution in [0.25, 0.3) is 0 Å². The molecule has 0 saturated heterocycles. The van der Waals surface area contributed by atoms with Crippen LogP contribution >= 0.6 is 0 Å². The third kappa shape index (κ3) is 5.98. The maximum absolute atomic E-state index is 12.4. The summed E-state index contributed by atoms with van der Waals surface area (Å²) < 4.78 is 10.7. The van der Waals surface area contributed by atoms with Crippen LogP contribution in [0, 0.1) is 5.92 Å². The van der Waals surface area contributed by atoms with Gasteiger partial charge < -0.3 is 14.8 Å². The van der Waals surface area contributed by atoms with Crippen LogP contribution in [0.5, 0.6) is 11.5 Å². The van der Waals surface area contributed by atoms with E-state index in [4.69, 9.17) is 9.47 Å². The maximum Gasteiger partial charge on any atom is 0.228 e. The summed E-state index contributed by atoms with van der Waals surface area (Å²) in [7, 11) is 4.97. The summed E-state index contributed by atoms with van der Waals surface area (Å²) in [6.45, 7) is 3.93. The fourth-order valence-corrected chi connectivity index (χ4v) is 3.51. The van der Waals surface area contributed by atoms with Crippen molar-refractivity contribution in [2.75, 3.05) is 21.3 Å². The lowest BCUT2D eigenvalue weighted by Gasteiger charge is -2.21. The van der Waals surface area contributed by atoms with Gasteiger partial charge in [-0.25, -0.2) is 0 Å². The minimum absolute atomic E-state index is 0.149. The number of allylic oxidation sites excluding steroid dienone is 2. The summed E-state index contributed by atoms with van der Waals surface area (Å²) >= 11 is 0. The molecule has 2 rings (SSSR count). The van der Waals surface area contributed by atoms with E-state index < -0.39 is 0 Å². The fourth-order valence-electron chi connectivity index (χ4n) is 3.51. The molecule has 1 aliphatic rings. The van der Waals surface area contributed by atoms with E-state index in [2.05, 4.69) is 16.9 Å². The molecule has 0 aliphatic heterocycles. The number of hydrogen-bond donors (Lipinski definition) is 1. The van der Waals surface area contributed by atoms with Gasteiger partial charge in [-0.15, -0.1) is 0 Å². The summed E-state index contributed by atoms with van der Waals surface area (Å²) in [6.07, 6.45) is 10.2. The predicted octanol–water partition coefficient (Wildman–Crippen LogP) is 4.08. The Morgan fingerprint density at radius 3 is 2.59 bits per heavy atom. The van der Waals surface area contributed by atoms with E-state index in [0.717, 1.165) is 11.3 Å². The monoisotopic (exact) mass is 370 g/mol. The standard InChI is InChI=1S/C22H30N2O3/c1-16(13-14-19(23-2)17-9-6-5-7-10-17)24-21(25)15-18-11-8-12-20(26-3)22(18)27-4/h8,11-14,17H,1,5-7,9-10,15H2,2-4H3,(H,24,25)/b14-13-,23-19?. The largest absolute Gasteiger partial charge is 0.493 e. The van der Waals surface area contributed by atoms with Crippen LogP contribution in [-0.4, -0.2) is 32.9 Å². The van der Waals surface area contributed by atoms with Gasteiger partial charge in [-0.05, 0) is 31.1 Å². The van der Waals surface area contributed by atoms with Gasteiger partial charge in [0.05, 0.1) is 20.6 Å². The molecule has 1 amide bonds. The fraction of sp³-hybridized carbons (Fsp3) is 0.455. The highest BCUT2D eigenvalue weighted by Gasteiger charge is 2.17. The minimum Gasteiger partial charge on any atom is -0.493 e. The third-order valence-electron chi connectivity index (χ3n) is 4.87. The van der Waals surface area contributed by atoms with Crippen molar-refractivity contribution in [3.8, 4) is 11.5 Å². The first kappa shape index (κ1) is 20.7. The van der Waals surface area contributed by atoms with Crippen molar-refractivity contribution in [3.63, 3.8) is 0 Å². The Balaban J connectivity index is 1.94. The van der Waals surface area contributed by atoms with Crippen molar-refractivity contribution >= 4 is 11.6 Å². The topological polar surface area (TPSA) is 59.9 Å². The number of para-hydroxylation sites is 1. The van der Waals surface area contributed by atoms with Crippen molar-refractivity contribution in [2.24, 2.45) is 10.9 Å². The van der Waals surface area contributed by atoms with Gasteiger partial charge >= 0.3 is 0 Å². The zero-order valence-electron chi connectivity index (χ0n) is 16.6. The highest BCUT2D eigenvalue weighted by atomic mass is 16.5. The number of aliphatic imine (C=N–C) groups is 1. The van der Waals surface area contributed by atoms with E-state index in [-0.39, 0.29) is 12.3 Å². The molecule has 146 valence electrons. The van der Waals surface area contributed by atoms with Crippen molar-refractivity contribution in [1.82, 2.24) is 5.32 Å². The van der Waals surface area contributed by atoms with Crippen LogP contribution in [-0.2, 0) is 11.2 Å². The van der Waals surface area contributed by atoms with Gasteiger partial charge in [0, 0.05) is 29.9 Å². The quantitative estimate of drug-likeness (QED) is 0.554. The predicted molar refractivity (Wildman–Crippen MR) is 110 cm³/mol. The Hall–Kier alpha value is -2.56. The molecule has 1 aliphatic carbocycles. The normalized spacial score (nSPS) is 15.6. The van der Waals surface area contributed by atoms with Crippen molar-refractivity contribution in [1.29, 1.82) is 0 Å². The van der Waals surface area contributed by atoms with Gasteiger partial charge in [0.15, 0.2) is 11.5 Å². The number of ether oxygens (including phenoxy) is 2. The lowest BCUT2D eigenvalue weighted by molar-refractivity contribution is -0.119. The van der Waals surface area contributed by atoms with Crippen molar-refractivity contribution < 1.29 is 14.3 Å². The Kier molecular flexibility index (Phi) is 8.11. The molecule has 0 unspecified atom stereocenters. The molecule has 1 aromatic carbocycles. The molecule has 0 atom stereocenters. The highest BCUT2D eigenvalue weighted by Crippen LogP contribution is 2.31. The number of carbonyl (C=O) groups excluding carboxylic acids is 1. The molecular weight excluding hydrogens is 340 g/mol. The lowest BCUT2D eigenvalue weighted by atomic mass is 9.85. The molecule has 0 radical (unpaired) electrons. The van der Waals surface area contributed by atoms with E-state index in [1.807, 2.05) is 31.3 Å². The zero-order valence-corrected chi connectivity index (χ0v) is 16.6. The Morgan fingerprint density at radius 2 is 1.96 bits per heavy atom. The summed E-state index contributed by atoms with van der Waals surface area (Å²) in [4.78, 5) is 16.8. The summed E-state index contributed by atoms with van der Waals surface area (Å²) in [6, 6.07) is 5.50. The molecule has 27 heavy (non-hydrogen) atoms. The van der Waals surface area contributed by atoms with E-state index in [0.29, 0.717) is 23.1 Å². The first-order chi connectivity index (χ1) is 13.1. The molecule has 5 heteroatoms. The van der Waals surface area contributed by atoms with Crippen LogP contribution in [0.2, 0.25) is 0 Å². The average Bonchev–Trinajstić information content (AvgIpc) is 2.68. The number of rotatable bonds is 8. The number of nitrogens with zero attached hydrogens (tertiary/aromatic N) is 1. The van der Waals surface area contributed by atoms with Crippen LogP contribution in [0.3, 0.4) is 0 Å². The molecule has 1 fully saturated rings. The van der Waals surface area contributed by atoms with E-state index in [1.54, 1.807) is 20.3 Å². The van der Waals surface area contributed by atoms with E-state index in [9.17, 15) is 4.79 Å². The Labute approximate surface area is 162 Å². The molecule has 0 heterocycles. The first-order valence-corrected chi connectivity index (χ1v) is 9.42. The second-order valence-electron chi connectivity index (χ2n) is 6.72. The van der Waals surface area contributed by atoms with Gasteiger partial charge in [-0.2, -0.15) is 0 Å². The smallest absolute Gasteiger partial charge is 0.228 e. The highest BCUT2D eigenvalue weighted by molar-refractivity contribution is 5.97. The first-order valence-electron chi connectivity index (χ1n) is 9.42. The molecule has 1 aromatic rings. The van der Waals surface area contributed by atoms with Crippen molar-refractivity contribution in [2.45, 2.75) is 38.5 Å². The number of carbonyl (C=O) groups is 1. The minimum atomic E-state index is -0.149. The zero-order chi connectivity index (χ0) is 19.6. The summed E-state index contributed by atoms with van der Waals surface area (Å²) in [5, 5.41) is 2.83. The van der Waals surface area contributed by atoms with Gasteiger partial charge in [-0.3, -0.25) is 9.79 Å². The molecule has 1 saturated carbocycles. The molecule has 0 spiro atoms. The second kappa shape index (κ2) is 10.6. The molecule has 5 nitrogen and oxygen atoms in total. The summed E-state index contributed by atoms with van der Waals surface area (Å²) in [5.41, 5.74) is 2.41. The third-order valence-corrected chi connectivity index (χ3v) is 4.87. The average molecular weight is 370 g/mol. The summed E-state index contributed by atoms with van der Waals surface area (Å²) in [5.74, 6) is 1.56. The van der Waals surface area contributed by atoms with Gasteiger partial charge in [0.1, 0.15) is 0 Å². The molecule has 1 N–H and O–H groups in total. The number of hydrogen-bond acceptors (Lipinski definition) is 4. The van der Waals surface area contributed by atoms with E-state index in [1.165, 1.54) is 32.1 Å². The Bertz CT molecular complexity index is 716. The second-order valence-corrected chi connectivity index (χ2v) is 6.72. The maximum atomic E-state index is 12.4. The van der Waals surface area contributed by atoms with Crippen LogP contribution in [0.4, 0.5) is 0 Å². The van der Waals surface area contributed by atoms with Crippen LogP contribution in [0.1, 0.15) is 37.7 Å². The molecule has 0 aromatic heterocycles. The molecular formula is C22H30N2O3. The van der Waals surface area contributed by atoms with Gasteiger partial charge in [0.2, 0.25) is 5.91 Å². The van der Waals surface area contributed by atoms with Crippen LogP contribution in [0.15, 0.2) is 47.6 Å². The lowest BCUT2D eigenvalue weighted by Crippen LogP contribution is -2.23. The van der Waals surface area contributed by atoms with Crippen molar-refractivity contribution in [3.05, 3.63) is 48.2 Å². The van der Waals surface area contributed by atoms with E-state index >= 15 is 0 Å². The number of methoxy groups -OCH3 is 2. The number of amides is 1.